The quantitative estimate of drug-likeness (QED) is 0.643. The molecule has 0 aromatic rings. The zero-order valence-corrected chi connectivity index (χ0v) is 16.1. The summed E-state index contributed by atoms with van der Waals surface area (Å²) in [4.78, 5) is 2.41. The van der Waals surface area contributed by atoms with Crippen LogP contribution in [0.5, 0.6) is 0 Å². The van der Waals surface area contributed by atoms with E-state index in [-0.39, 0.29) is 16.4 Å². The van der Waals surface area contributed by atoms with Gasteiger partial charge in [0.1, 0.15) is 23.8 Å². The molecule has 1 aliphatic carbocycles. The SMILES string of the molecule is CC1(C)CC(=C(C#N)C#N)C(C#N)=C(N2CCCCC2C(C)(C)C)C1. The van der Waals surface area contributed by atoms with E-state index in [1.807, 2.05) is 12.1 Å². The molecule has 0 bridgehead atoms. The van der Waals surface area contributed by atoms with Gasteiger partial charge in [-0.05, 0) is 42.9 Å². The summed E-state index contributed by atoms with van der Waals surface area (Å²) in [6, 6.07) is 6.72. The third-order valence-corrected chi connectivity index (χ3v) is 5.38. The summed E-state index contributed by atoms with van der Waals surface area (Å²) < 4.78 is 0. The Morgan fingerprint density at radius 3 is 2.24 bits per heavy atom. The van der Waals surface area contributed by atoms with Crippen LogP contribution in [0.3, 0.4) is 0 Å². The second-order valence-corrected chi connectivity index (χ2v) is 9.10. The van der Waals surface area contributed by atoms with Crippen LogP contribution in [-0.4, -0.2) is 17.5 Å². The molecule has 4 heteroatoms. The van der Waals surface area contributed by atoms with Crippen LogP contribution in [0.15, 0.2) is 22.4 Å². The second kappa shape index (κ2) is 6.93. The van der Waals surface area contributed by atoms with Gasteiger partial charge in [-0.15, -0.1) is 0 Å². The van der Waals surface area contributed by atoms with Gasteiger partial charge in [-0.25, -0.2) is 0 Å². The lowest BCUT2D eigenvalue weighted by Crippen LogP contribution is -2.48. The molecule has 0 spiro atoms. The van der Waals surface area contributed by atoms with E-state index in [1.54, 1.807) is 0 Å². The predicted octanol–water partition coefficient (Wildman–Crippen LogP) is 4.83. The summed E-state index contributed by atoms with van der Waals surface area (Å²) >= 11 is 0. The maximum absolute atomic E-state index is 9.87. The molecule has 2 aliphatic rings. The lowest BCUT2D eigenvalue weighted by molar-refractivity contribution is 0.0820. The number of likely N-dealkylation sites (tertiary alicyclic amines) is 1. The van der Waals surface area contributed by atoms with Crippen LogP contribution in [0, 0.1) is 44.8 Å². The molecular formula is C21H28N4. The van der Waals surface area contributed by atoms with Crippen LogP contribution < -0.4 is 0 Å². The molecule has 2 rings (SSSR count). The molecule has 132 valence electrons. The maximum atomic E-state index is 9.87. The molecule has 1 heterocycles. The van der Waals surface area contributed by atoms with Gasteiger partial charge in [0, 0.05) is 23.9 Å². The summed E-state index contributed by atoms with van der Waals surface area (Å²) in [5.74, 6) is 0. The molecule has 25 heavy (non-hydrogen) atoms. The molecule has 0 radical (unpaired) electrons. The molecule has 4 nitrogen and oxygen atoms in total. The van der Waals surface area contributed by atoms with Gasteiger partial charge >= 0.3 is 0 Å². The monoisotopic (exact) mass is 336 g/mol. The highest BCUT2D eigenvalue weighted by Gasteiger charge is 2.40. The molecule has 1 atom stereocenters. The highest BCUT2D eigenvalue weighted by atomic mass is 15.2. The zero-order valence-electron chi connectivity index (χ0n) is 16.1. The summed E-state index contributed by atoms with van der Waals surface area (Å²) in [6.07, 6.45) is 4.87. The van der Waals surface area contributed by atoms with Crippen molar-refractivity contribution in [1.29, 1.82) is 15.8 Å². The van der Waals surface area contributed by atoms with Crippen molar-refractivity contribution in [2.45, 2.75) is 72.8 Å². The molecule has 0 aromatic heterocycles. The molecule has 1 saturated heterocycles. The number of rotatable bonds is 1. The van der Waals surface area contributed by atoms with Gasteiger partial charge in [-0.2, -0.15) is 15.8 Å². The number of piperidine rings is 1. The first-order chi connectivity index (χ1) is 11.6. The Morgan fingerprint density at radius 2 is 1.72 bits per heavy atom. The lowest BCUT2D eigenvalue weighted by Gasteiger charge is -2.49. The smallest absolute Gasteiger partial charge is 0.134 e. The van der Waals surface area contributed by atoms with Crippen LogP contribution in [0.25, 0.3) is 0 Å². The Bertz CT molecular complexity index is 710. The summed E-state index contributed by atoms with van der Waals surface area (Å²) in [5, 5.41) is 28.6. The number of hydrogen-bond acceptors (Lipinski definition) is 4. The minimum atomic E-state index is -0.0656. The Kier molecular flexibility index (Phi) is 5.29. The van der Waals surface area contributed by atoms with Gasteiger partial charge in [0.25, 0.3) is 0 Å². The van der Waals surface area contributed by atoms with Crippen LogP contribution in [0.2, 0.25) is 0 Å². The number of nitriles is 3. The largest absolute Gasteiger partial charge is 0.370 e. The first-order valence-electron chi connectivity index (χ1n) is 9.08. The normalized spacial score (nSPS) is 23.5. The second-order valence-electron chi connectivity index (χ2n) is 9.10. The van der Waals surface area contributed by atoms with Crippen molar-refractivity contribution in [2.75, 3.05) is 6.54 Å². The van der Waals surface area contributed by atoms with Crippen molar-refractivity contribution in [3.8, 4) is 18.2 Å². The molecule has 0 aromatic carbocycles. The molecule has 0 saturated carbocycles. The van der Waals surface area contributed by atoms with Gasteiger partial charge in [0.15, 0.2) is 0 Å². The Hall–Kier alpha value is -2.25. The van der Waals surface area contributed by atoms with Gasteiger partial charge in [-0.1, -0.05) is 34.6 Å². The Balaban J connectivity index is 2.66. The number of nitrogens with zero attached hydrogens (tertiary/aromatic N) is 4. The van der Waals surface area contributed by atoms with E-state index in [4.69, 9.17) is 0 Å². The van der Waals surface area contributed by atoms with Crippen molar-refractivity contribution < 1.29 is 0 Å². The average Bonchev–Trinajstić information content (AvgIpc) is 2.54. The van der Waals surface area contributed by atoms with Crippen LogP contribution in [-0.2, 0) is 0 Å². The molecular weight excluding hydrogens is 308 g/mol. The van der Waals surface area contributed by atoms with E-state index in [9.17, 15) is 15.8 Å². The number of allylic oxidation sites excluding steroid dienone is 4. The molecule has 1 unspecified atom stereocenters. The fourth-order valence-electron chi connectivity index (χ4n) is 4.25. The highest BCUT2D eigenvalue weighted by molar-refractivity contribution is 5.57. The lowest BCUT2D eigenvalue weighted by atomic mass is 9.71. The van der Waals surface area contributed by atoms with Crippen molar-refractivity contribution in [3.05, 3.63) is 22.4 Å². The van der Waals surface area contributed by atoms with E-state index in [2.05, 4.69) is 45.6 Å². The maximum Gasteiger partial charge on any atom is 0.134 e. The van der Waals surface area contributed by atoms with Crippen molar-refractivity contribution in [3.63, 3.8) is 0 Å². The van der Waals surface area contributed by atoms with Crippen LogP contribution in [0.4, 0.5) is 0 Å². The fraction of sp³-hybridized carbons (Fsp3) is 0.667. The van der Waals surface area contributed by atoms with Gasteiger partial charge < -0.3 is 4.90 Å². The van der Waals surface area contributed by atoms with Gasteiger partial charge in [0.05, 0.1) is 5.57 Å². The van der Waals surface area contributed by atoms with E-state index < -0.39 is 0 Å². The Morgan fingerprint density at radius 1 is 1.08 bits per heavy atom. The molecule has 0 amide bonds. The first kappa shape index (κ1) is 19.1. The topological polar surface area (TPSA) is 74.6 Å². The van der Waals surface area contributed by atoms with E-state index in [0.29, 0.717) is 23.6 Å². The molecule has 0 N–H and O–H groups in total. The third kappa shape index (κ3) is 3.88. The van der Waals surface area contributed by atoms with E-state index >= 15 is 0 Å². The highest BCUT2D eigenvalue weighted by Crippen LogP contribution is 2.46. The van der Waals surface area contributed by atoms with Crippen LogP contribution in [0.1, 0.15) is 66.7 Å². The summed E-state index contributed by atoms with van der Waals surface area (Å²) in [7, 11) is 0. The summed E-state index contributed by atoms with van der Waals surface area (Å²) in [5.41, 5.74) is 2.38. The standard InChI is InChI=1S/C21H28N4/c1-20(2,3)19-8-6-7-9-25(19)18-11-21(4,5)10-16(17(18)14-24)15(12-22)13-23/h19H,6-11H2,1-5H3. The number of hydrogen-bond donors (Lipinski definition) is 0. The van der Waals surface area contributed by atoms with Gasteiger partial charge in [-0.3, -0.25) is 0 Å². The van der Waals surface area contributed by atoms with Crippen LogP contribution >= 0.6 is 0 Å². The Labute approximate surface area is 152 Å². The zero-order chi connectivity index (χ0) is 18.8. The minimum Gasteiger partial charge on any atom is -0.370 e. The van der Waals surface area contributed by atoms with Crippen molar-refractivity contribution in [1.82, 2.24) is 4.90 Å². The molecule has 1 aliphatic heterocycles. The third-order valence-electron chi connectivity index (χ3n) is 5.38. The van der Waals surface area contributed by atoms with E-state index in [1.165, 1.54) is 6.42 Å². The minimum absolute atomic E-state index is 0.0656. The first-order valence-corrected chi connectivity index (χ1v) is 9.08. The van der Waals surface area contributed by atoms with Crippen molar-refractivity contribution >= 4 is 0 Å². The fourth-order valence-corrected chi connectivity index (χ4v) is 4.25. The van der Waals surface area contributed by atoms with E-state index in [0.717, 1.165) is 31.5 Å². The average molecular weight is 336 g/mol. The van der Waals surface area contributed by atoms with Gasteiger partial charge in [0.2, 0.25) is 0 Å². The summed E-state index contributed by atoms with van der Waals surface area (Å²) in [6.45, 7) is 12.0. The molecule has 1 fully saturated rings. The van der Waals surface area contributed by atoms with Crippen molar-refractivity contribution in [2.24, 2.45) is 10.8 Å². The predicted molar refractivity (Wildman–Crippen MR) is 97.7 cm³/mol.